The zero-order valence-corrected chi connectivity index (χ0v) is 14.4. The average molecular weight is 329 g/mol. The van der Waals surface area contributed by atoms with E-state index in [1.807, 2.05) is 18.2 Å². The first kappa shape index (κ1) is 17.0. The summed E-state index contributed by atoms with van der Waals surface area (Å²) < 4.78 is 0. The molecule has 1 aromatic carbocycles. The molecule has 0 aromatic heterocycles. The lowest BCUT2D eigenvalue weighted by molar-refractivity contribution is -0.142. The molecule has 5 nitrogen and oxygen atoms in total. The molecule has 1 atom stereocenters. The molecule has 1 saturated heterocycles. The minimum Gasteiger partial charge on any atom is -0.341 e. The Morgan fingerprint density at radius 1 is 1.17 bits per heavy atom. The molecule has 0 radical (unpaired) electrons. The molecule has 1 aliphatic heterocycles. The molecule has 1 aliphatic carbocycles. The monoisotopic (exact) mass is 329 g/mol. The van der Waals surface area contributed by atoms with E-state index in [0.29, 0.717) is 25.7 Å². The molecule has 24 heavy (non-hydrogen) atoms. The van der Waals surface area contributed by atoms with Crippen LogP contribution in [0.2, 0.25) is 0 Å². The van der Waals surface area contributed by atoms with Crippen molar-refractivity contribution in [1.29, 1.82) is 0 Å². The van der Waals surface area contributed by atoms with Gasteiger partial charge in [-0.3, -0.25) is 9.59 Å². The highest BCUT2D eigenvalue weighted by Gasteiger charge is 2.37. The van der Waals surface area contributed by atoms with Gasteiger partial charge in [0.25, 0.3) is 0 Å². The zero-order valence-electron chi connectivity index (χ0n) is 14.4. The van der Waals surface area contributed by atoms with Gasteiger partial charge in [0.1, 0.15) is 0 Å². The van der Waals surface area contributed by atoms with Crippen LogP contribution in [0.4, 0.5) is 0 Å². The summed E-state index contributed by atoms with van der Waals surface area (Å²) in [4.78, 5) is 28.8. The van der Waals surface area contributed by atoms with Crippen molar-refractivity contribution in [3.63, 3.8) is 0 Å². The van der Waals surface area contributed by atoms with Crippen LogP contribution >= 0.6 is 0 Å². The fraction of sp³-hybridized carbons (Fsp3) is 0.579. The maximum atomic E-state index is 13.0. The lowest BCUT2D eigenvalue weighted by Gasteiger charge is -2.35. The van der Waals surface area contributed by atoms with E-state index in [9.17, 15) is 9.59 Å². The summed E-state index contributed by atoms with van der Waals surface area (Å²) in [6.45, 7) is 3.69. The van der Waals surface area contributed by atoms with Gasteiger partial charge in [0, 0.05) is 31.6 Å². The van der Waals surface area contributed by atoms with E-state index in [0.717, 1.165) is 25.7 Å². The molecule has 2 fully saturated rings. The van der Waals surface area contributed by atoms with Gasteiger partial charge in [-0.25, -0.2) is 0 Å². The van der Waals surface area contributed by atoms with Crippen molar-refractivity contribution in [3.05, 3.63) is 35.9 Å². The number of nitrogens with zero attached hydrogens (tertiary/aromatic N) is 2. The average Bonchev–Trinajstić information content (AvgIpc) is 3.44. The van der Waals surface area contributed by atoms with Crippen LogP contribution in [0.25, 0.3) is 0 Å². The van der Waals surface area contributed by atoms with E-state index >= 15 is 0 Å². The maximum Gasteiger partial charge on any atom is 0.239 e. The first-order chi connectivity index (χ1) is 11.6. The van der Waals surface area contributed by atoms with Gasteiger partial charge in [-0.15, -0.1) is 0 Å². The number of piperidine rings is 1. The molecule has 0 unspecified atom stereocenters. The smallest absolute Gasteiger partial charge is 0.239 e. The van der Waals surface area contributed by atoms with Crippen molar-refractivity contribution in [2.75, 3.05) is 13.1 Å². The molecule has 5 heteroatoms. The Labute approximate surface area is 143 Å². The van der Waals surface area contributed by atoms with E-state index in [-0.39, 0.29) is 17.7 Å². The Morgan fingerprint density at radius 3 is 2.33 bits per heavy atom. The van der Waals surface area contributed by atoms with Gasteiger partial charge < -0.3 is 15.5 Å². The fourth-order valence-electron chi connectivity index (χ4n) is 3.42. The second-order valence-electron chi connectivity index (χ2n) is 7.07. The second-order valence-corrected chi connectivity index (χ2v) is 7.07. The number of likely N-dealkylation sites (tertiary alicyclic amines) is 1. The normalized spacial score (nSPS) is 19.8. The van der Waals surface area contributed by atoms with E-state index < -0.39 is 6.04 Å². The number of carbonyl (C=O) groups is 2. The Balaban J connectivity index is 1.59. The zero-order chi connectivity index (χ0) is 17.1. The van der Waals surface area contributed by atoms with Crippen LogP contribution in [-0.2, 0) is 16.1 Å². The molecule has 2 N–H and O–H groups in total. The first-order valence-electron chi connectivity index (χ1n) is 8.95. The van der Waals surface area contributed by atoms with Crippen LogP contribution in [0.1, 0.15) is 38.2 Å². The molecule has 3 rings (SSSR count). The number of carbonyl (C=O) groups excluding carboxylic acids is 2. The topological polar surface area (TPSA) is 66.6 Å². The van der Waals surface area contributed by atoms with Crippen molar-refractivity contribution < 1.29 is 9.59 Å². The Kier molecular flexibility index (Phi) is 5.19. The largest absolute Gasteiger partial charge is 0.341 e. The highest BCUT2D eigenvalue weighted by atomic mass is 16.2. The molecule has 1 aromatic rings. The fourth-order valence-corrected chi connectivity index (χ4v) is 3.42. The van der Waals surface area contributed by atoms with Crippen LogP contribution in [0, 0.1) is 5.92 Å². The van der Waals surface area contributed by atoms with Gasteiger partial charge in [-0.2, -0.15) is 0 Å². The first-order valence-corrected chi connectivity index (χ1v) is 8.95. The molecular formula is C19H27N3O2. The van der Waals surface area contributed by atoms with E-state index in [1.54, 1.807) is 11.8 Å². The van der Waals surface area contributed by atoms with Crippen molar-refractivity contribution in [2.45, 2.75) is 51.2 Å². The SMILES string of the molecule is C[C@H](N)C(=O)N1CCC(C(=O)N(Cc2ccccc2)C2CC2)CC1. The lowest BCUT2D eigenvalue weighted by Crippen LogP contribution is -2.48. The van der Waals surface area contributed by atoms with Gasteiger partial charge in [0.05, 0.1) is 6.04 Å². The number of amides is 2. The summed E-state index contributed by atoms with van der Waals surface area (Å²) in [6, 6.07) is 10.1. The molecule has 0 bridgehead atoms. The van der Waals surface area contributed by atoms with Gasteiger partial charge in [-0.05, 0) is 38.2 Å². The summed E-state index contributed by atoms with van der Waals surface area (Å²) in [5.74, 6) is 0.282. The third kappa shape index (κ3) is 3.96. The lowest BCUT2D eigenvalue weighted by atomic mass is 9.94. The standard InChI is InChI=1S/C19H27N3O2/c1-14(20)18(23)21-11-9-16(10-12-21)19(24)22(17-7-8-17)13-15-5-3-2-4-6-15/h2-6,14,16-17H,7-13,20H2,1H3/t14-/m0/s1. The van der Waals surface area contributed by atoms with Crippen molar-refractivity contribution in [1.82, 2.24) is 9.80 Å². The van der Waals surface area contributed by atoms with Crippen LogP contribution in [0.3, 0.4) is 0 Å². The molecular weight excluding hydrogens is 302 g/mol. The Morgan fingerprint density at radius 2 is 1.79 bits per heavy atom. The highest BCUT2D eigenvalue weighted by molar-refractivity contribution is 5.82. The molecule has 0 spiro atoms. The number of nitrogens with two attached hydrogens (primary N) is 1. The molecule has 2 amide bonds. The summed E-state index contributed by atoms with van der Waals surface area (Å²) in [5, 5.41) is 0. The Bertz CT molecular complexity index is 576. The molecule has 130 valence electrons. The maximum absolute atomic E-state index is 13.0. The van der Waals surface area contributed by atoms with Gasteiger partial charge >= 0.3 is 0 Å². The third-order valence-corrected chi connectivity index (χ3v) is 5.01. The summed E-state index contributed by atoms with van der Waals surface area (Å²) >= 11 is 0. The predicted molar refractivity (Wildman–Crippen MR) is 93.0 cm³/mol. The van der Waals surface area contributed by atoms with Gasteiger partial charge in [0.15, 0.2) is 0 Å². The highest BCUT2D eigenvalue weighted by Crippen LogP contribution is 2.31. The van der Waals surface area contributed by atoms with Crippen molar-refractivity contribution in [2.24, 2.45) is 11.7 Å². The third-order valence-electron chi connectivity index (χ3n) is 5.01. The number of hydrogen-bond donors (Lipinski definition) is 1. The van der Waals surface area contributed by atoms with Crippen molar-refractivity contribution in [3.8, 4) is 0 Å². The Hall–Kier alpha value is -1.88. The number of rotatable bonds is 5. The number of hydrogen-bond acceptors (Lipinski definition) is 3. The summed E-state index contributed by atoms with van der Waals surface area (Å²) in [5.41, 5.74) is 6.86. The minimum atomic E-state index is -0.460. The quantitative estimate of drug-likeness (QED) is 0.895. The molecule has 1 heterocycles. The van der Waals surface area contributed by atoms with Crippen LogP contribution in [0.15, 0.2) is 30.3 Å². The van der Waals surface area contributed by atoms with Crippen LogP contribution in [-0.4, -0.2) is 46.8 Å². The van der Waals surface area contributed by atoms with Gasteiger partial charge in [0.2, 0.25) is 11.8 Å². The van der Waals surface area contributed by atoms with E-state index in [2.05, 4.69) is 17.0 Å². The summed E-state index contributed by atoms with van der Waals surface area (Å²) in [6.07, 6.45) is 3.71. The number of benzene rings is 1. The van der Waals surface area contributed by atoms with Crippen LogP contribution in [0.5, 0.6) is 0 Å². The molecule has 2 aliphatic rings. The minimum absolute atomic E-state index is 0.00997. The van der Waals surface area contributed by atoms with E-state index in [4.69, 9.17) is 5.73 Å². The van der Waals surface area contributed by atoms with E-state index in [1.165, 1.54) is 5.56 Å². The molecule has 1 saturated carbocycles. The summed E-state index contributed by atoms with van der Waals surface area (Å²) in [7, 11) is 0. The predicted octanol–water partition coefficient (Wildman–Crippen LogP) is 1.76. The van der Waals surface area contributed by atoms with Gasteiger partial charge in [-0.1, -0.05) is 30.3 Å². The van der Waals surface area contributed by atoms with Crippen LogP contribution < -0.4 is 5.73 Å². The van der Waals surface area contributed by atoms with Crippen molar-refractivity contribution >= 4 is 11.8 Å². The second kappa shape index (κ2) is 7.34.